The van der Waals surface area contributed by atoms with E-state index in [1.54, 1.807) is 0 Å². The van der Waals surface area contributed by atoms with E-state index in [2.05, 4.69) is 10.1 Å². The molecule has 1 heterocycles. The van der Waals surface area contributed by atoms with Crippen molar-refractivity contribution in [1.29, 1.82) is 0 Å². The summed E-state index contributed by atoms with van der Waals surface area (Å²) in [5.74, 6) is -0.259. The van der Waals surface area contributed by atoms with Crippen LogP contribution in [-0.2, 0) is 0 Å². The molecule has 1 atom stereocenters. The van der Waals surface area contributed by atoms with Crippen molar-refractivity contribution in [2.45, 2.75) is 31.4 Å². The van der Waals surface area contributed by atoms with E-state index in [1.165, 1.54) is 13.2 Å². The lowest BCUT2D eigenvalue weighted by Crippen LogP contribution is -2.45. The average Bonchev–Trinajstić information content (AvgIpc) is 2.54. The van der Waals surface area contributed by atoms with E-state index in [0.717, 1.165) is 12.1 Å². The number of hydrogen-bond acceptors (Lipinski definition) is 4. The molecule has 1 aromatic carbocycles. The number of nitrogens with zero attached hydrogens (tertiary/aromatic N) is 1. The molecule has 4 nitrogen and oxygen atoms in total. The molecule has 1 aromatic rings. The van der Waals surface area contributed by atoms with Crippen LogP contribution in [0.1, 0.15) is 24.4 Å². The second-order valence-corrected chi connectivity index (χ2v) is 5.91. The molecule has 11 heteroatoms. The van der Waals surface area contributed by atoms with Gasteiger partial charge in [-0.25, -0.2) is 0 Å². The summed E-state index contributed by atoms with van der Waals surface area (Å²) < 4.78 is 84.8. The first-order chi connectivity index (χ1) is 12.1. The van der Waals surface area contributed by atoms with Gasteiger partial charge in [-0.15, -0.1) is 25.6 Å². The minimum Gasteiger partial charge on any atom is -0.496 e. The molecule has 27 heavy (non-hydrogen) atoms. The molecular formula is C16H21ClF6N2O2. The standard InChI is InChI=1S/C16H20F6N2O2.ClH/c1-25-14-3-2-11(26-16(20,21)22)10-12(14)13(4-5-15(17,18)19)24-8-6-23-7-9-24;/h2-3,10,13,23H,4-9H2,1H3;1H/t13-;/m0./s1. The summed E-state index contributed by atoms with van der Waals surface area (Å²) in [7, 11) is 1.32. The molecule has 0 radical (unpaired) electrons. The first kappa shape index (κ1) is 23.6. The Balaban J connectivity index is 0.00000364. The van der Waals surface area contributed by atoms with Crippen LogP contribution in [0, 0.1) is 0 Å². The highest BCUT2D eigenvalue weighted by Gasteiger charge is 2.34. The minimum atomic E-state index is -4.89. The van der Waals surface area contributed by atoms with Gasteiger partial charge >= 0.3 is 12.5 Å². The van der Waals surface area contributed by atoms with Crippen molar-refractivity contribution < 1.29 is 35.8 Å². The predicted molar refractivity (Wildman–Crippen MR) is 89.4 cm³/mol. The van der Waals surface area contributed by atoms with E-state index in [1.807, 2.05) is 4.90 Å². The summed E-state index contributed by atoms with van der Waals surface area (Å²) in [5.41, 5.74) is 0.250. The van der Waals surface area contributed by atoms with Gasteiger partial charge in [-0.1, -0.05) is 0 Å². The van der Waals surface area contributed by atoms with Gasteiger partial charge < -0.3 is 14.8 Å². The van der Waals surface area contributed by atoms with Gasteiger partial charge in [0, 0.05) is 44.2 Å². The van der Waals surface area contributed by atoms with Crippen LogP contribution in [0.15, 0.2) is 18.2 Å². The van der Waals surface area contributed by atoms with Crippen molar-refractivity contribution in [3.8, 4) is 11.5 Å². The Kier molecular flexibility index (Phi) is 8.49. The second kappa shape index (κ2) is 9.70. The van der Waals surface area contributed by atoms with Gasteiger partial charge in [-0.2, -0.15) is 13.2 Å². The van der Waals surface area contributed by atoms with Crippen LogP contribution >= 0.6 is 12.4 Å². The number of ether oxygens (including phenoxy) is 2. The SMILES string of the molecule is COc1ccc(OC(F)(F)F)cc1[C@H](CCC(F)(F)F)N1CCNCC1.Cl. The van der Waals surface area contributed by atoms with Crippen LogP contribution in [0.2, 0.25) is 0 Å². The zero-order chi connectivity index (χ0) is 19.4. The quantitative estimate of drug-likeness (QED) is 0.693. The van der Waals surface area contributed by atoms with Crippen molar-refractivity contribution in [3.05, 3.63) is 23.8 Å². The van der Waals surface area contributed by atoms with Crippen molar-refractivity contribution in [3.63, 3.8) is 0 Å². The van der Waals surface area contributed by atoms with Crippen molar-refractivity contribution in [1.82, 2.24) is 10.2 Å². The zero-order valence-electron chi connectivity index (χ0n) is 14.5. The topological polar surface area (TPSA) is 33.7 Å². The van der Waals surface area contributed by atoms with E-state index in [9.17, 15) is 26.3 Å². The third-order valence-corrected chi connectivity index (χ3v) is 4.09. The number of hydrogen-bond donors (Lipinski definition) is 1. The van der Waals surface area contributed by atoms with Gasteiger partial charge in [0.2, 0.25) is 0 Å². The highest BCUT2D eigenvalue weighted by Crippen LogP contribution is 2.38. The molecule has 0 saturated carbocycles. The Hall–Kier alpha value is -1.39. The number of rotatable bonds is 6. The first-order valence-corrected chi connectivity index (χ1v) is 8.04. The zero-order valence-corrected chi connectivity index (χ0v) is 15.3. The predicted octanol–water partition coefficient (Wildman–Crippen LogP) is 4.30. The van der Waals surface area contributed by atoms with Crippen molar-refractivity contribution >= 4 is 12.4 Å². The highest BCUT2D eigenvalue weighted by atomic mass is 35.5. The summed E-state index contributed by atoms with van der Waals surface area (Å²) in [5, 5.41) is 3.10. The van der Waals surface area contributed by atoms with Gasteiger partial charge in [0.1, 0.15) is 11.5 Å². The molecule has 1 saturated heterocycles. The highest BCUT2D eigenvalue weighted by molar-refractivity contribution is 5.85. The van der Waals surface area contributed by atoms with Gasteiger partial charge in [-0.05, 0) is 24.6 Å². The molecule has 2 rings (SSSR count). The summed E-state index contributed by atoms with van der Waals surface area (Å²) >= 11 is 0. The van der Waals surface area contributed by atoms with Gasteiger partial charge in [0.05, 0.1) is 7.11 Å². The number of piperazine rings is 1. The minimum absolute atomic E-state index is 0. The van der Waals surface area contributed by atoms with Crippen LogP contribution in [0.25, 0.3) is 0 Å². The number of alkyl halides is 6. The Labute approximate surface area is 159 Å². The fourth-order valence-electron chi connectivity index (χ4n) is 3.00. The number of nitrogens with one attached hydrogen (secondary N) is 1. The summed E-state index contributed by atoms with van der Waals surface area (Å²) in [6, 6.07) is 2.73. The fraction of sp³-hybridized carbons (Fsp3) is 0.625. The number of benzene rings is 1. The molecule has 0 bridgehead atoms. The van der Waals surface area contributed by atoms with Crippen molar-refractivity contribution in [2.24, 2.45) is 0 Å². The van der Waals surface area contributed by atoms with Gasteiger partial charge in [0.25, 0.3) is 0 Å². The average molecular weight is 423 g/mol. The lowest BCUT2D eigenvalue weighted by molar-refractivity contribution is -0.274. The smallest absolute Gasteiger partial charge is 0.496 e. The lowest BCUT2D eigenvalue weighted by Gasteiger charge is -2.36. The molecule has 1 aliphatic rings. The van der Waals surface area contributed by atoms with E-state index in [4.69, 9.17) is 4.74 Å². The van der Waals surface area contributed by atoms with E-state index >= 15 is 0 Å². The van der Waals surface area contributed by atoms with E-state index in [0.29, 0.717) is 26.2 Å². The Bertz CT molecular complexity index is 591. The number of halogens is 7. The molecule has 0 aromatic heterocycles. The van der Waals surface area contributed by atoms with Crippen LogP contribution in [-0.4, -0.2) is 50.7 Å². The van der Waals surface area contributed by atoms with Gasteiger partial charge in [-0.3, -0.25) is 4.90 Å². The lowest BCUT2D eigenvalue weighted by atomic mass is 9.98. The maximum atomic E-state index is 12.7. The summed E-state index contributed by atoms with van der Waals surface area (Å²) in [6.07, 6.45) is -10.6. The van der Waals surface area contributed by atoms with Gasteiger partial charge in [0.15, 0.2) is 0 Å². The molecule has 0 amide bonds. The molecule has 1 aliphatic heterocycles. The fourth-order valence-corrected chi connectivity index (χ4v) is 3.00. The summed E-state index contributed by atoms with van der Waals surface area (Å²) in [4.78, 5) is 1.82. The Morgan fingerprint density at radius 3 is 2.26 bits per heavy atom. The maximum absolute atomic E-state index is 12.7. The van der Waals surface area contributed by atoms with Crippen LogP contribution in [0.4, 0.5) is 26.3 Å². The third-order valence-electron chi connectivity index (χ3n) is 4.09. The Morgan fingerprint density at radius 1 is 1.11 bits per heavy atom. The molecule has 1 fully saturated rings. The molecule has 0 aliphatic carbocycles. The number of methoxy groups -OCH3 is 1. The largest absolute Gasteiger partial charge is 0.573 e. The second-order valence-electron chi connectivity index (χ2n) is 5.91. The monoisotopic (exact) mass is 422 g/mol. The molecule has 0 spiro atoms. The molecular weight excluding hydrogens is 402 g/mol. The van der Waals surface area contributed by atoms with Crippen molar-refractivity contribution in [2.75, 3.05) is 33.3 Å². The Morgan fingerprint density at radius 2 is 1.74 bits per heavy atom. The van der Waals surface area contributed by atoms with Crippen LogP contribution in [0.5, 0.6) is 11.5 Å². The molecule has 156 valence electrons. The van der Waals surface area contributed by atoms with Crippen LogP contribution in [0.3, 0.4) is 0 Å². The third kappa shape index (κ3) is 7.63. The molecule has 1 N–H and O–H groups in total. The first-order valence-electron chi connectivity index (χ1n) is 8.04. The van der Waals surface area contributed by atoms with Crippen LogP contribution < -0.4 is 14.8 Å². The normalized spacial score (nSPS) is 17.1. The van der Waals surface area contributed by atoms with E-state index < -0.39 is 30.8 Å². The molecule has 0 unspecified atom stereocenters. The maximum Gasteiger partial charge on any atom is 0.573 e. The summed E-state index contributed by atoms with van der Waals surface area (Å²) in [6.45, 7) is 2.14. The van der Waals surface area contributed by atoms with E-state index in [-0.39, 0.29) is 30.1 Å².